The number of hydrogen-bond acceptors (Lipinski definition) is 4. The van der Waals surface area contributed by atoms with E-state index in [4.69, 9.17) is 0 Å². The molecule has 5 rings (SSSR count). The van der Waals surface area contributed by atoms with E-state index in [-0.39, 0.29) is 24.2 Å². The number of rotatable bonds is 4. The van der Waals surface area contributed by atoms with E-state index in [0.29, 0.717) is 11.3 Å². The Morgan fingerprint density at radius 3 is 2.68 bits per heavy atom. The molecule has 2 atom stereocenters. The molecule has 31 heavy (non-hydrogen) atoms. The first-order valence-corrected chi connectivity index (χ1v) is 10.5. The molecular formula is C24H23N3O4. The van der Waals surface area contributed by atoms with Crippen molar-refractivity contribution >= 4 is 29.3 Å². The molecule has 2 aliphatic heterocycles. The van der Waals surface area contributed by atoms with Crippen LogP contribution >= 0.6 is 0 Å². The monoisotopic (exact) mass is 417 g/mol. The van der Waals surface area contributed by atoms with Crippen LogP contribution in [0.4, 0.5) is 10.5 Å². The molecule has 1 fully saturated rings. The van der Waals surface area contributed by atoms with Gasteiger partial charge in [0, 0.05) is 11.3 Å². The molecule has 4 amide bonds. The minimum atomic E-state index is -1.20. The van der Waals surface area contributed by atoms with Crippen LogP contribution in [0.3, 0.4) is 0 Å². The number of aryl methyl sites for hydroxylation is 2. The van der Waals surface area contributed by atoms with Gasteiger partial charge in [0.1, 0.15) is 5.54 Å². The van der Waals surface area contributed by atoms with Crippen LogP contribution < -0.4 is 10.6 Å². The zero-order valence-corrected chi connectivity index (χ0v) is 17.5. The highest BCUT2D eigenvalue weighted by molar-refractivity contribution is 6.12. The zero-order valence-electron chi connectivity index (χ0n) is 17.5. The smallest absolute Gasteiger partial charge is 0.325 e. The number of urea groups is 1. The lowest BCUT2D eigenvalue weighted by molar-refractivity contribution is -0.130. The minimum absolute atomic E-state index is 0.112. The summed E-state index contributed by atoms with van der Waals surface area (Å²) in [7, 11) is 0. The molecule has 2 N–H and O–H groups in total. The average molecular weight is 417 g/mol. The van der Waals surface area contributed by atoms with Gasteiger partial charge in [-0.05, 0) is 73.6 Å². The summed E-state index contributed by atoms with van der Waals surface area (Å²) in [6.45, 7) is 3.11. The summed E-state index contributed by atoms with van der Waals surface area (Å²) < 4.78 is 0. The zero-order chi connectivity index (χ0) is 21.9. The minimum Gasteiger partial charge on any atom is -0.325 e. The number of carbonyl (C=O) groups excluding carboxylic acids is 4. The van der Waals surface area contributed by atoms with Crippen molar-refractivity contribution in [3.63, 3.8) is 0 Å². The van der Waals surface area contributed by atoms with E-state index in [1.807, 2.05) is 18.2 Å². The van der Waals surface area contributed by atoms with E-state index < -0.39 is 17.5 Å². The topological polar surface area (TPSA) is 95.6 Å². The van der Waals surface area contributed by atoms with E-state index in [1.165, 1.54) is 11.1 Å². The van der Waals surface area contributed by atoms with Gasteiger partial charge >= 0.3 is 6.03 Å². The number of ketones is 1. The molecule has 0 saturated carbocycles. The van der Waals surface area contributed by atoms with Crippen molar-refractivity contribution in [3.05, 3.63) is 64.2 Å². The molecule has 0 spiro atoms. The lowest BCUT2D eigenvalue weighted by Crippen LogP contribution is -2.41. The fourth-order valence-corrected chi connectivity index (χ4v) is 4.74. The maximum Gasteiger partial charge on any atom is 0.325 e. The first-order valence-electron chi connectivity index (χ1n) is 10.5. The van der Waals surface area contributed by atoms with Crippen molar-refractivity contribution in [1.29, 1.82) is 0 Å². The SMILES string of the molecule is C[C@H]1C(=O)Nc2ccc(C(=O)CN3C(=O)N[C@@](C)(c4ccc5c(c4)CCC5)C3=O)cc21. The normalized spacial score (nSPS) is 24.1. The molecule has 7 nitrogen and oxygen atoms in total. The molecule has 2 heterocycles. The van der Waals surface area contributed by atoms with Gasteiger partial charge in [0.05, 0.1) is 12.5 Å². The van der Waals surface area contributed by atoms with Gasteiger partial charge < -0.3 is 10.6 Å². The molecular weight excluding hydrogens is 394 g/mol. The van der Waals surface area contributed by atoms with Gasteiger partial charge in [0.2, 0.25) is 5.91 Å². The molecule has 1 saturated heterocycles. The van der Waals surface area contributed by atoms with Crippen LogP contribution in [0, 0.1) is 0 Å². The maximum absolute atomic E-state index is 13.2. The van der Waals surface area contributed by atoms with E-state index in [2.05, 4.69) is 10.6 Å². The van der Waals surface area contributed by atoms with Gasteiger partial charge in [-0.15, -0.1) is 0 Å². The van der Waals surface area contributed by atoms with E-state index in [9.17, 15) is 19.2 Å². The number of anilines is 1. The fraction of sp³-hybridized carbons (Fsp3) is 0.333. The Bertz CT molecular complexity index is 1170. The molecule has 0 radical (unpaired) electrons. The number of Topliss-reactive ketones (excluding diaryl/α,β-unsaturated/α-hetero) is 1. The van der Waals surface area contributed by atoms with Gasteiger partial charge in [0.25, 0.3) is 5.91 Å². The van der Waals surface area contributed by atoms with Crippen LogP contribution in [0.5, 0.6) is 0 Å². The largest absolute Gasteiger partial charge is 0.325 e. The van der Waals surface area contributed by atoms with Crippen LogP contribution in [-0.4, -0.2) is 35.1 Å². The highest BCUT2D eigenvalue weighted by Gasteiger charge is 2.49. The first kappa shape index (κ1) is 19.5. The lowest BCUT2D eigenvalue weighted by Gasteiger charge is -2.23. The van der Waals surface area contributed by atoms with Crippen LogP contribution in [0.25, 0.3) is 0 Å². The molecule has 158 valence electrons. The van der Waals surface area contributed by atoms with Gasteiger partial charge in [-0.25, -0.2) is 4.79 Å². The molecule has 0 bridgehead atoms. The van der Waals surface area contributed by atoms with Gasteiger partial charge in [0.15, 0.2) is 5.78 Å². The van der Waals surface area contributed by atoms with Gasteiger partial charge in [-0.1, -0.05) is 18.2 Å². The number of carbonyl (C=O) groups is 4. The predicted molar refractivity (Wildman–Crippen MR) is 114 cm³/mol. The van der Waals surface area contributed by atoms with Gasteiger partial charge in [-0.2, -0.15) is 0 Å². The molecule has 2 aromatic carbocycles. The second kappa shape index (κ2) is 6.77. The lowest BCUT2D eigenvalue weighted by atomic mass is 9.89. The average Bonchev–Trinajstić information content (AvgIpc) is 3.40. The summed E-state index contributed by atoms with van der Waals surface area (Å²) in [5.41, 5.74) is 3.84. The third kappa shape index (κ3) is 2.95. The summed E-state index contributed by atoms with van der Waals surface area (Å²) in [6.07, 6.45) is 3.10. The van der Waals surface area contributed by atoms with Crippen molar-refractivity contribution in [1.82, 2.24) is 10.2 Å². The Hall–Kier alpha value is -3.48. The van der Waals surface area contributed by atoms with Crippen LogP contribution in [-0.2, 0) is 28.0 Å². The Morgan fingerprint density at radius 2 is 1.87 bits per heavy atom. The fourth-order valence-electron chi connectivity index (χ4n) is 4.74. The standard InChI is InChI=1S/C24H23N3O4/c1-13-18-11-16(7-9-19(18)25-21(13)29)20(28)12-27-22(30)24(2,26-23(27)31)17-8-6-14-4-3-5-15(14)10-17/h6-11,13H,3-5,12H2,1-2H3,(H,25,29)(H,26,31)/t13-,24+/m1/s1. The third-order valence-corrected chi connectivity index (χ3v) is 6.74. The number of fused-ring (bicyclic) bond motifs is 2. The Kier molecular flexibility index (Phi) is 4.25. The van der Waals surface area contributed by atoms with Crippen molar-refractivity contribution in [3.8, 4) is 0 Å². The summed E-state index contributed by atoms with van der Waals surface area (Å²) in [5, 5.41) is 5.55. The second-order valence-electron chi connectivity index (χ2n) is 8.72. The van der Waals surface area contributed by atoms with E-state index >= 15 is 0 Å². The maximum atomic E-state index is 13.2. The highest BCUT2D eigenvalue weighted by Crippen LogP contribution is 2.34. The number of nitrogens with one attached hydrogen (secondary N) is 2. The number of hydrogen-bond donors (Lipinski definition) is 2. The van der Waals surface area contributed by atoms with Crippen molar-refractivity contribution in [2.24, 2.45) is 0 Å². The van der Waals surface area contributed by atoms with Crippen molar-refractivity contribution in [2.75, 3.05) is 11.9 Å². The molecule has 0 aromatic heterocycles. The van der Waals surface area contributed by atoms with Crippen LogP contribution in [0.2, 0.25) is 0 Å². The molecule has 7 heteroatoms. The van der Waals surface area contributed by atoms with Crippen LogP contribution in [0.15, 0.2) is 36.4 Å². The molecule has 2 aromatic rings. The van der Waals surface area contributed by atoms with Crippen molar-refractivity contribution < 1.29 is 19.2 Å². The number of imide groups is 1. The van der Waals surface area contributed by atoms with Crippen molar-refractivity contribution in [2.45, 2.75) is 44.6 Å². The first-order chi connectivity index (χ1) is 14.8. The summed E-state index contributed by atoms with van der Waals surface area (Å²) in [4.78, 5) is 51.6. The Balaban J connectivity index is 1.38. The Morgan fingerprint density at radius 1 is 1.10 bits per heavy atom. The van der Waals surface area contributed by atoms with E-state index in [1.54, 1.807) is 32.0 Å². The highest BCUT2D eigenvalue weighted by atomic mass is 16.2. The summed E-state index contributed by atoms with van der Waals surface area (Å²) >= 11 is 0. The summed E-state index contributed by atoms with van der Waals surface area (Å²) in [6, 6.07) is 10.3. The molecule has 1 aliphatic carbocycles. The quantitative estimate of drug-likeness (QED) is 0.591. The number of amides is 4. The Labute approximate surface area is 179 Å². The second-order valence-corrected chi connectivity index (χ2v) is 8.72. The predicted octanol–water partition coefficient (Wildman–Crippen LogP) is 2.88. The van der Waals surface area contributed by atoms with E-state index in [0.717, 1.165) is 35.3 Å². The third-order valence-electron chi connectivity index (χ3n) is 6.74. The van der Waals surface area contributed by atoms with Crippen LogP contribution in [0.1, 0.15) is 58.8 Å². The molecule has 0 unspecified atom stereocenters. The molecule has 3 aliphatic rings. The number of nitrogens with zero attached hydrogens (tertiary/aromatic N) is 1. The van der Waals surface area contributed by atoms with Gasteiger partial charge in [-0.3, -0.25) is 19.3 Å². The summed E-state index contributed by atoms with van der Waals surface area (Å²) in [5.74, 6) is -1.24. The number of benzene rings is 2.